The zero-order valence-corrected chi connectivity index (χ0v) is 12.5. The summed E-state index contributed by atoms with van der Waals surface area (Å²) in [6, 6.07) is 17.8. The van der Waals surface area contributed by atoms with Gasteiger partial charge in [0.2, 0.25) is 0 Å². The van der Waals surface area contributed by atoms with Crippen LogP contribution in [0.3, 0.4) is 0 Å². The van der Waals surface area contributed by atoms with Crippen molar-refractivity contribution in [3.63, 3.8) is 0 Å². The van der Waals surface area contributed by atoms with E-state index >= 15 is 0 Å². The van der Waals surface area contributed by atoms with Gasteiger partial charge in [0.1, 0.15) is 0 Å². The van der Waals surface area contributed by atoms with Crippen LogP contribution in [-0.2, 0) is 17.6 Å². The number of hydrogen-bond donors (Lipinski definition) is 0. The van der Waals surface area contributed by atoms with Crippen molar-refractivity contribution in [2.24, 2.45) is 0 Å². The van der Waals surface area contributed by atoms with Crippen molar-refractivity contribution < 1.29 is 9.53 Å². The van der Waals surface area contributed by atoms with Crippen molar-refractivity contribution >= 4 is 5.97 Å². The molecule has 21 heavy (non-hydrogen) atoms. The standard InChI is InChI=1S/C19H22O2/c1-2-3-11-17-12-7-8-13-18(17)19(20)21-15-14-16-9-5-4-6-10-16/h4-10,12-13H,2-3,11,14-15H2,1H3. The lowest BCUT2D eigenvalue weighted by molar-refractivity contribution is 0.0508. The summed E-state index contributed by atoms with van der Waals surface area (Å²) in [5.41, 5.74) is 2.98. The molecule has 0 fully saturated rings. The predicted octanol–water partition coefficient (Wildman–Crippen LogP) is 4.43. The molecule has 0 spiro atoms. The van der Waals surface area contributed by atoms with E-state index in [1.807, 2.05) is 54.6 Å². The average molecular weight is 282 g/mol. The Kier molecular flexibility index (Phi) is 6.01. The minimum absolute atomic E-state index is 0.211. The Balaban J connectivity index is 1.91. The Bertz CT molecular complexity index is 561. The Morgan fingerprint density at radius 3 is 2.43 bits per heavy atom. The van der Waals surface area contributed by atoms with E-state index in [2.05, 4.69) is 6.92 Å². The monoisotopic (exact) mass is 282 g/mol. The van der Waals surface area contributed by atoms with Gasteiger partial charge in [-0.15, -0.1) is 0 Å². The molecule has 0 N–H and O–H groups in total. The van der Waals surface area contributed by atoms with Gasteiger partial charge >= 0.3 is 5.97 Å². The Labute approximate surface area is 126 Å². The summed E-state index contributed by atoms with van der Waals surface area (Å²) >= 11 is 0. The topological polar surface area (TPSA) is 26.3 Å². The molecule has 0 aliphatic heterocycles. The minimum atomic E-state index is -0.211. The summed E-state index contributed by atoms with van der Waals surface area (Å²) in [5, 5.41) is 0. The second-order valence-electron chi connectivity index (χ2n) is 5.13. The van der Waals surface area contributed by atoms with Gasteiger partial charge in [-0.2, -0.15) is 0 Å². The van der Waals surface area contributed by atoms with Gasteiger partial charge in [-0.25, -0.2) is 4.79 Å². The molecule has 0 radical (unpaired) electrons. The highest BCUT2D eigenvalue weighted by atomic mass is 16.5. The third-order valence-electron chi connectivity index (χ3n) is 3.50. The molecule has 0 saturated heterocycles. The highest BCUT2D eigenvalue weighted by Gasteiger charge is 2.11. The lowest BCUT2D eigenvalue weighted by Gasteiger charge is -2.09. The first kappa shape index (κ1) is 15.3. The number of carbonyl (C=O) groups is 1. The molecule has 0 heterocycles. The summed E-state index contributed by atoms with van der Waals surface area (Å²) in [6.45, 7) is 2.58. The van der Waals surface area contributed by atoms with Crippen LogP contribution in [0.15, 0.2) is 54.6 Å². The number of esters is 1. The number of carbonyl (C=O) groups excluding carboxylic acids is 1. The highest BCUT2D eigenvalue weighted by molar-refractivity contribution is 5.91. The third-order valence-corrected chi connectivity index (χ3v) is 3.50. The number of hydrogen-bond acceptors (Lipinski definition) is 2. The Morgan fingerprint density at radius 1 is 0.952 bits per heavy atom. The van der Waals surface area contributed by atoms with E-state index in [1.165, 1.54) is 5.56 Å². The van der Waals surface area contributed by atoms with E-state index in [9.17, 15) is 4.79 Å². The van der Waals surface area contributed by atoms with Gasteiger partial charge in [-0.05, 0) is 30.0 Å². The molecule has 0 unspecified atom stereocenters. The second kappa shape index (κ2) is 8.25. The molecule has 2 rings (SSSR count). The second-order valence-corrected chi connectivity index (χ2v) is 5.13. The maximum Gasteiger partial charge on any atom is 0.338 e. The quantitative estimate of drug-likeness (QED) is 0.702. The molecule has 0 amide bonds. The molecule has 2 nitrogen and oxygen atoms in total. The van der Waals surface area contributed by atoms with Crippen molar-refractivity contribution in [1.82, 2.24) is 0 Å². The molecular weight excluding hydrogens is 260 g/mol. The van der Waals surface area contributed by atoms with Crippen LogP contribution in [-0.4, -0.2) is 12.6 Å². The molecule has 110 valence electrons. The number of benzene rings is 2. The van der Waals surface area contributed by atoms with Crippen LogP contribution in [0.2, 0.25) is 0 Å². The van der Waals surface area contributed by atoms with Crippen LogP contribution < -0.4 is 0 Å². The van der Waals surface area contributed by atoms with Gasteiger partial charge in [0.25, 0.3) is 0 Å². The first-order valence-electron chi connectivity index (χ1n) is 7.60. The Hall–Kier alpha value is -2.09. The third kappa shape index (κ3) is 4.75. The normalized spacial score (nSPS) is 10.3. The van der Waals surface area contributed by atoms with Crippen molar-refractivity contribution in [2.45, 2.75) is 32.6 Å². The number of ether oxygens (including phenoxy) is 1. The SMILES string of the molecule is CCCCc1ccccc1C(=O)OCCc1ccccc1. The number of aryl methyl sites for hydroxylation is 1. The van der Waals surface area contributed by atoms with Gasteiger partial charge in [-0.1, -0.05) is 61.9 Å². The average Bonchev–Trinajstić information content (AvgIpc) is 2.54. The smallest absolute Gasteiger partial charge is 0.338 e. The van der Waals surface area contributed by atoms with Crippen LogP contribution in [0.1, 0.15) is 41.3 Å². The van der Waals surface area contributed by atoms with E-state index in [-0.39, 0.29) is 5.97 Å². The summed E-state index contributed by atoms with van der Waals surface area (Å²) < 4.78 is 5.41. The molecule has 0 aromatic heterocycles. The molecule has 0 atom stereocenters. The van der Waals surface area contributed by atoms with Gasteiger partial charge < -0.3 is 4.74 Å². The molecule has 0 saturated carbocycles. The fourth-order valence-corrected chi connectivity index (χ4v) is 2.29. The molecule has 2 aromatic carbocycles. The molecule has 0 bridgehead atoms. The maximum atomic E-state index is 12.2. The molecule has 0 aliphatic rings. The molecular formula is C19H22O2. The highest BCUT2D eigenvalue weighted by Crippen LogP contribution is 2.13. The van der Waals surface area contributed by atoms with Crippen molar-refractivity contribution in [3.05, 3.63) is 71.3 Å². The van der Waals surface area contributed by atoms with Crippen molar-refractivity contribution in [2.75, 3.05) is 6.61 Å². The summed E-state index contributed by atoms with van der Waals surface area (Å²) in [6.07, 6.45) is 3.90. The summed E-state index contributed by atoms with van der Waals surface area (Å²) in [7, 11) is 0. The van der Waals surface area contributed by atoms with Crippen LogP contribution in [0.5, 0.6) is 0 Å². The van der Waals surface area contributed by atoms with Crippen LogP contribution in [0.4, 0.5) is 0 Å². The van der Waals surface area contributed by atoms with Gasteiger partial charge in [0, 0.05) is 6.42 Å². The first-order chi connectivity index (χ1) is 10.3. The predicted molar refractivity (Wildman–Crippen MR) is 85.5 cm³/mol. The Morgan fingerprint density at radius 2 is 1.67 bits per heavy atom. The molecule has 0 aliphatic carbocycles. The van der Waals surface area contributed by atoms with Crippen LogP contribution >= 0.6 is 0 Å². The lowest BCUT2D eigenvalue weighted by Crippen LogP contribution is -2.10. The number of rotatable bonds is 7. The fourth-order valence-electron chi connectivity index (χ4n) is 2.29. The zero-order chi connectivity index (χ0) is 14.9. The number of unbranched alkanes of at least 4 members (excludes halogenated alkanes) is 1. The first-order valence-corrected chi connectivity index (χ1v) is 7.60. The largest absolute Gasteiger partial charge is 0.462 e. The van der Waals surface area contributed by atoms with Gasteiger partial charge in [0.15, 0.2) is 0 Å². The van der Waals surface area contributed by atoms with Crippen LogP contribution in [0, 0.1) is 0 Å². The van der Waals surface area contributed by atoms with Crippen LogP contribution in [0.25, 0.3) is 0 Å². The van der Waals surface area contributed by atoms with E-state index in [4.69, 9.17) is 4.74 Å². The van der Waals surface area contributed by atoms with E-state index in [0.29, 0.717) is 12.2 Å². The van der Waals surface area contributed by atoms with Gasteiger partial charge in [0.05, 0.1) is 12.2 Å². The zero-order valence-electron chi connectivity index (χ0n) is 12.5. The van der Waals surface area contributed by atoms with E-state index in [0.717, 1.165) is 31.2 Å². The van der Waals surface area contributed by atoms with E-state index in [1.54, 1.807) is 0 Å². The van der Waals surface area contributed by atoms with Crippen molar-refractivity contribution in [1.29, 1.82) is 0 Å². The molecule has 2 aromatic rings. The minimum Gasteiger partial charge on any atom is -0.462 e. The molecule has 2 heteroatoms. The maximum absolute atomic E-state index is 12.2. The fraction of sp³-hybridized carbons (Fsp3) is 0.316. The lowest BCUT2D eigenvalue weighted by atomic mass is 10.0. The van der Waals surface area contributed by atoms with E-state index < -0.39 is 0 Å². The summed E-state index contributed by atoms with van der Waals surface area (Å²) in [4.78, 5) is 12.2. The van der Waals surface area contributed by atoms with Gasteiger partial charge in [-0.3, -0.25) is 0 Å². The van der Waals surface area contributed by atoms with Crippen molar-refractivity contribution in [3.8, 4) is 0 Å². The summed E-state index contributed by atoms with van der Waals surface area (Å²) in [5.74, 6) is -0.211.